The van der Waals surface area contributed by atoms with Crippen LogP contribution in [0.3, 0.4) is 0 Å². The molecule has 0 bridgehead atoms. The molecule has 0 unspecified atom stereocenters. The van der Waals surface area contributed by atoms with Crippen molar-refractivity contribution in [1.29, 1.82) is 0 Å². The van der Waals surface area contributed by atoms with Gasteiger partial charge < -0.3 is 14.5 Å². The lowest BCUT2D eigenvalue weighted by Crippen LogP contribution is -2.54. The zero-order valence-corrected chi connectivity index (χ0v) is 15.8. The molecule has 2 aromatic rings. The van der Waals surface area contributed by atoms with E-state index in [4.69, 9.17) is 16.3 Å². The van der Waals surface area contributed by atoms with E-state index in [1.165, 1.54) is 18.3 Å². The van der Waals surface area contributed by atoms with Crippen LogP contribution in [0.2, 0.25) is 5.02 Å². The number of hydrogen-bond donors (Lipinski definition) is 0. The molecule has 4 rings (SSSR count). The van der Waals surface area contributed by atoms with Crippen molar-refractivity contribution < 1.29 is 18.3 Å². The number of fused-ring (bicyclic) bond motifs is 1. The van der Waals surface area contributed by atoms with Crippen LogP contribution in [-0.2, 0) is 0 Å². The number of carbonyl (C=O) groups excluding carboxylic acids is 1. The highest BCUT2D eigenvalue weighted by Gasteiger charge is 2.30. The fraction of sp³-hybridized carbons (Fsp3) is 0.368. The Hall–Kier alpha value is -2.61. The molecule has 0 N–H and O–H groups in total. The molecule has 1 aromatic heterocycles. The fourth-order valence-corrected chi connectivity index (χ4v) is 3.60. The SMILES string of the molecule is O=C(N1CCN(c2cc(C(F)F)ccn2)CC1)N1CCOc2cc(Cl)ccc21. The molecule has 148 valence electrons. The number of benzene rings is 1. The van der Waals surface area contributed by atoms with Gasteiger partial charge in [-0.05, 0) is 24.3 Å². The average molecular weight is 409 g/mol. The van der Waals surface area contributed by atoms with Gasteiger partial charge in [0, 0.05) is 49.0 Å². The second kappa shape index (κ2) is 7.79. The maximum atomic E-state index is 13.0. The van der Waals surface area contributed by atoms with Gasteiger partial charge in [0.25, 0.3) is 6.43 Å². The maximum Gasteiger partial charge on any atom is 0.324 e. The molecule has 2 amide bonds. The molecule has 0 radical (unpaired) electrons. The Morgan fingerprint density at radius 3 is 2.64 bits per heavy atom. The minimum atomic E-state index is -2.53. The van der Waals surface area contributed by atoms with Crippen molar-refractivity contribution in [2.75, 3.05) is 49.1 Å². The lowest BCUT2D eigenvalue weighted by Gasteiger charge is -2.39. The number of anilines is 2. The summed E-state index contributed by atoms with van der Waals surface area (Å²) in [6.45, 7) is 2.90. The van der Waals surface area contributed by atoms with Gasteiger partial charge in [-0.1, -0.05) is 11.6 Å². The highest BCUT2D eigenvalue weighted by atomic mass is 35.5. The van der Waals surface area contributed by atoms with E-state index in [0.29, 0.717) is 61.6 Å². The predicted octanol–water partition coefficient (Wildman–Crippen LogP) is 3.81. The van der Waals surface area contributed by atoms with Crippen LogP contribution in [0, 0.1) is 0 Å². The lowest BCUT2D eigenvalue weighted by atomic mass is 10.2. The van der Waals surface area contributed by atoms with Gasteiger partial charge in [0.2, 0.25) is 0 Å². The van der Waals surface area contributed by atoms with E-state index in [0.717, 1.165) is 0 Å². The summed E-state index contributed by atoms with van der Waals surface area (Å²) < 4.78 is 31.4. The Kier molecular flexibility index (Phi) is 5.21. The van der Waals surface area contributed by atoms with Gasteiger partial charge in [0.15, 0.2) is 0 Å². The maximum absolute atomic E-state index is 13.0. The molecular formula is C19H19ClF2N4O2. The zero-order chi connectivity index (χ0) is 19.7. The monoisotopic (exact) mass is 408 g/mol. The third-order valence-corrected chi connectivity index (χ3v) is 5.15. The molecule has 1 saturated heterocycles. The molecule has 9 heteroatoms. The van der Waals surface area contributed by atoms with Crippen LogP contribution in [0.4, 0.5) is 25.1 Å². The van der Waals surface area contributed by atoms with Crippen molar-refractivity contribution in [1.82, 2.24) is 9.88 Å². The van der Waals surface area contributed by atoms with Crippen molar-refractivity contribution in [3.05, 3.63) is 47.1 Å². The molecule has 6 nitrogen and oxygen atoms in total. The summed E-state index contributed by atoms with van der Waals surface area (Å²) in [7, 11) is 0. The van der Waals surface area contributed by atoms with Crippen LogP contribution in [0.15, 0.2) is 36.5 Å². The number of hydrogen-bond acceptors (Lipinski definition) is 4. The van der Waals surface area contributed by atoms with Crippen LogP contribution in [0.5, 0.6) is 5.75 Å². The Labute approximate surface area is 166 Å². The Morgan fingerprint density at radius 1 is 1.11 bits per heavy atom. The van der Waals surface area contributed by atoms with Crippen LogP contribution in [0.25, 0.3) is 0 Å². The number of piperazine rings is 1. The number of carbonyl (C=O) groups is 1. The van der Waals surface area contributed by atoms with Gasteiger partial charge in [0.1, 0.15) is 18.2 Å². The Balaban J connectivity index is 1.43. The minimum absolute atomic E-state index is 0.0490. The quantitative estimate of drug-likeness (QED) is 0.758. The third-order valence-electron chi connectivity index (χ3n) is 4.91. The van der Waals surface area contributed by atoms with E-state index in [2.05, 4.69) is 4.98 Å². The molecule has 0 spiro atoms. The number of pyridine rings is 1. The van der Waals surface area contributed by atoms with E-state index in [1.807, 2.05) is 4.90 Å². The average Bonchev–Trinajstić information content (AvgIpc) is 2.72. The molecule has 2 aliphatic heterocycles. The lowest BCUT2D eigenvalue weighted by molar-refractivity contribution is 0.151. The fourth-order valence-electron chi connectivity index (χ4n) is 3.43. The summed E-state index contributed by atoms with van der Waals surface area (Å²) >= 11 is 6.01. The van der Waals surface area contributed by atoms with Gasteiger partial charge in [-0.15, -0.1) is 0 Å². The molecule has 2 aliphatic rings. The van der Waals surface area contributed by atoms with Crippen LogP contribution in [0.1, 0.15) is 12.0 Å². The van der Waals surface area contributed by atoms with Crippen molar-refractivity contribution in [2.24, 2.45) is 0 Å². The number of urea groups is 1. The number of rotatable bonds is 2. The summed E-state index contributed by atoms with van der Waals surface area (Å²) in [4.78, 5) is 22.6. The van der Waals surface area contributed by atoms with Gasteiger partial charge in [-0.25, -0.2) is 18.6 Å². The number of ether oxygens (including phenoxy) is 1. The highest BCUT2D eigenvalue weighted by Crippen LogP contribution is 2.34. The zero-order valence-electron chi connectivity index (χ0n) is 15.0. The van der Waals surface area contributed by atoms with E-state index in [1.54, 1.807) is 28.0 Å². The van der Waals surface area contributed by atoms with E-state index >= 15 is 0 Å². The first-order chi connectivity index (χ1) is 13.5. The van der Waals surface area contributed by atoms with E-state index in [-0.39, 0.29) is 11.6 Å². The summed E-state index contributed by atoms with van der Waals surface area (Å²) in [5, 5.41) is 0.556. The first-order valence-corrected chi connectivity index (χ1v) is 9.38. The predicted molar refractivity (Wildman–Crippen MR) is 103 cm³/mol. The first-order valence-electron chi connectivity index (χ1n) is 9.01. The summed E-state index contributed by atoms with van der Waals surface area (Å²) in [5.41, 5.74) is 0.654. The van der Waals surface area contributed by atoms with Crippen LogP contribution in [-0.4, -0.2) is 55.2 Å². The van der Waals surface area contributed by atoms with E-state index in [9.17, 15) is 13.6 Å². The topological polar surface area (TPSA) is 48.9 Å². The number of aromatic nitrogens is 1. The van der Waals surface area contributed by atoms with Gasteiger partial charge >= 0.3 is 6.03 Å². The van der Waals surface area contributed by atoms with Crippen molar-refractivity contribution >= 4 is 29.1 Å². The molecule has 3 heterocycles. The highest BCUT2D eigenvalue weighted by molar-refractivity contribution is 6.30. The molecular weight excluding hydrogens is 390 g/mol. The van der Waals surface area contributed by atoms with Crippen LogP contribution < -0.4 is 14.5 Å². The third kappa shape index (κ3) is 3.69. The number of alkyl halides is 2. The van der Waals surface area contributed by atoms with Crippen LogP contribution >= 0.6 is 11.6 Å². The summed E-state index contributed by atoms with van der Waals surface area (Å²) in [6, 6.07) is 7.84. The Bertz CT molecular complexity index is 875. The molecule has 1 fully saturated rings. The molecule has 0 atom stereocenters. The van der Waals surface area contributed by atoms with E-state index < -0.39 is 6.43 Å². The summed E-state index contributed by atoms with van der Waals surface area (Å²) in [5.74, 6) is 1.11. The number of halogens is 3. The number of nitrogens with zero attached hydrogens (tertiary/aromatic N) is 4. The minimum Gasteiger partial charge on any atom is -0.489 e. The second-order valence-corrected chi connectivity index (χ2v) is 7.05. The first kappa shape index (κ1) is 18.7. The Morgan fingerprint density at radius 2 is 1.89 bits per heavy atom. The second-order valence-electron chi connectivity index (χ2n) is 6.62. The largest absolute Gasteiger partial charge is 0.489 e. The van der Waals surface area contributed by atoms with Gasteiger partial charge in [0.05, 0.1) is 12.2 Å². The smallest absolute Gasteiger partial charge is 0.324 e. The molecule has 28 heavy (non-hydrogen) atoms. The number of amides is 2. The van der Waals surface area contributed by atoms with Gasteiger partial charge in [-0.2, -0.15) is 0 Å². The standard InChI is InChI=1S/C19H19ClF2N4O2/c20-14-1-2-15-16(12-14)28-10-9-26(15)19(27)25-7-5-24(6-8-25)17-11-13(18(21)22)3-4-23-17/h1-4,11-12,18H,5-10H2. The molecule has 0 saturated carbocycles. The van der Waals surface area contributed by atoms with Crippen molar-refractivity contribution in [3.8, 4) is 5.75 Å². The molecule has 0 aliphatic carbocycles. The molecule has 1 aromatic carbocycles. The normalized spacial score (nSPS) is 16.8. The van der Waals surface area contributed by atoms with Gasteiger partial charge in [-0.3, -0.25) is 4.90 Å². The van der Waals surface area contributed by atoms with Crippen molar-refractivity contribution in [3.63, 3.8) is 0 Å². The summed E-state index contributed by atoms with van der Waals surface area (Å²) in [6.07, 6.45) is -1.14. The van der Waals surface area contributed by atoms with Crippen molar-refractivity contribution in [2.45, 2.75) is 6.43 Å².